The molecule has 2 atom stereocenters. The van der Waals surface area contributed by atoms with Crippen molar-refractivity contribution in [3.05, 3.63) is 29.3 Å². The Labute approximate surface area is 137 Å². The number of benzene rings is 1. The first-order chi connectivity index (χ1) is 10.9. The number of ether oxygens (including phenoxy) is 2. The van der Waals surface area contributed by atoms with E-state index in [1.807, 2.05) is 18.9 Å². The summed E-state index contributed by atoms with van der Waals surface area (Å²) < 4.78 is 10.4. The van der Waals surface area contributed by atoms with Crippen molar-refractivity contribution in [1.29, 1.82) is 0 Å². The lowest BCUT2D eigenvalue weighted by molar-refractivity contribution is -0.123. The van der Waals surface area contributed by atoms with Crippen LogP contribution in [-0.4, -0.2) is 50.5 Å². The average molecular weight is 322 g/mol. The van der Waals surface area contributed by atoms with Gasteiger partial charge in [0.25, 0.3) is 0 Å². The summed E-state index contributed by atoms with van der Waals surface area (Å²) in [5.41, 5.74) is 6.90. The van der Waals surface area contributed by atoms with E-state index in [-0.39, 0.29) is 12.0 Å². The molecule has 6 heteroatoms. The van der Waals surface area contributed by atoms with Crippen LogP contribution >= 0.6 is 0 Å². The van der Waals surface area contributed by atoms with Crippen LogP contribution in [-0.2, 0) is 16.1 Å². The van der Waals surface area contributed by atoms with Crippen LogP contribution < -0.4 is 10.5 Å². The topological polar surface area (TPSA) is 81.9 Å². The molecule has 0 spiro atoms. The van der Waals surface area contributed by atoms with E-state index in [0.29, 0.717) is 24.3 Å². The fourth-order valence-electron chi connectivity index (χ4n) is 2.43. The summed E-state index contributed by atoms with van der Waals surface area (Å²) in [6, 6.07) is 4.83. The summed E-state index contributed by atoms with van der Waals surface area (Å²) in [7, 11) is 5.03. The Hall–Kier alpha value is -1.92. The third-order valence-corrected chi connectivity index (χ3v) is 4.01. The number of nitrogens with zero attached hydrogens (tertiary/aromatic N) is 1. The number of hydrogen-bond donors (Lipinski definition) is 1. The lowest BCUT2D eigenvalue weighted by atomic mass is 10.0. The van der Waals surface area contributed by atoms with E-state index in [1.54, 1.807) is 32.4 Å². The first-order valence-corrected chi connectivity index (χ1v) is 7.57. The summed E-state index contributed by atoms with van der Waals surface area (Å²) in [5.74, 6) is 0.286. The molecule has 0 fully saturated rings. The zero-order chi connectivity index (χ0) is 17.4. The smallest absolute Gasteiger partial charge is 0.234 e. The molecule has 0 saturated carbocycles. The minimum Gasteiger partial charge on any atom is -0.497 e. The molecule has 0 bridgehead atoms. The Bertz CT molecular complexity index is 533. The fourth-order valence-corrected chi connectivity index (χ4v) is 2.43. The lowest BCUT2D eigenvalue weighted by Crippen LogP contribution is -2.42. The van der Waals surface area contributed by atoms with Crippen molar-refractivity contribution in [1.82, 2.24) is 4.90 Å². The number of nitrogens with two attached hydrogens (primary N) is 1. The molecule has 128 valence electrons. The summed E-state index contributed by atoms with van der Waals surface area (Å²) in [6.45, 7) is 2.38. The maximum absolute atomic E-state index is 11.8. The average Bonchev–Trinajstić information content (AvgIpc) is 2.54. The summed E-state index contributed by atoms with van der Waals surface area (Å²) in [4.78, 5) is 24.8. The highest BCUT2D eigenvalue weighted by atomic mass is 16.5. The standard InChI is InChI=1S/C17H26N2O4/c1-12(22-3)5-8-16(17(18)21)19(2)10-14-9-15(23-4)7-6-13(14)11-20/h6-7,9,11-12,16H,5,8,10H2,1-4H3,(H2,18,21). The Morgan fingerprint density at radius 3 is 2.57 bits per heavy atom. The van der Waals surface area contributed by atoms with Gasteiger partial charge >= 0.3 is 0 Å². The van der Waals surface area contributed by atoms with Crippen LogP contribution in [0.3, 0.4) is 0 Å². The predicted octanol–water partition coefficient (Wildman–Crippen LogP) is 1.61. The number of aldehydes is 1. The molecule has 1 rings (SSSR count). The highest BCUT2D eigenvalue weighted by molar-refractivity contribution is 5.80. The minimum atomic E-state index is -0.418. The molecular formula is C17H26N2O4. The van der Waals surface area contributed by atoms with E-state index in [0.717, 1.165) is 18.3 Å². The van der Waals surface area contributed by atoms with Gasteiger partial charge in [-0.05, 0) is 50.6 Å². The van der Waals surface area contributed by atoms with Gasteiger partial charge in [-0.2, -0.15) is 0 Å². The Morgan fingerprint density at radius 2 is 2.04 bits per heavy atom. The van der Waals surface area contributed by atoms with Crippen molar-refractivity contribution < 1.29 is 19.1 Å². The van der Waals surface area contributed by atoms with Gasteiger partial charge in [0.2, 0.25) is 5.91 Å². The highest BCUT2D eigenvalue weighted by Crippen LogP contribution is 2.20. The molecule has 2 unspecified atom stereocenters. The van der Waals surface area contributed by atoms with Crippen molar-refractivity contribution in [2.75, 3.05) is 21.3 Å². The molecule has 0 saturated heterocycles. The molecule has 0 aliphatic carbocycles. The van der Waals surface area contributed by atoms with Crippen LogP contribution in [0.15, 0.2) is 18.2 Å². The number of methoxy groups -OCH3 is 2. The van der Waals surface area contributed by atoms with E-state index in [4.69, 9.17) is 15.2 Å². The maximum atomic E-state index is 11.8. The molecule has 0 aliphatic heterocycles. The van der Waals surface area contributed by atoms with E-state index in [9.17, 15) is 9.59 Å². The molecule has 2 N–H and O–H groups in total. The second kappa shape index (κ2) is 9.27. The maximum Gasteiger partial charge on any atom is 0.234 e. The van der Waals surface area contributed by atoms with Crippen LogP contribution in [0.25, 0.3) is 0 Å². The molecular weight excluding hydrogens is 296 g/mol. The zero-order valence-corrected chi connectivity index (χ0v) is 14.2. The molecule has 1 aromatic rings. The van der Waals surface area contributed by atoms with Crippen molar-refractivity contribution in [2.45, 2.75) is 38.5 Å². The second-order valence-corrected chi connectivity index (χ2v) is 5.64. The van der Waals surface area contributed by atoms with Crippen molar-refractivity contribution >= 4 is 12.2 Å². The van der Waals surface area contributed by atoms with Crippen LogP contribution in [0.5, 0.6) is 5.75 Å². The molecule has 23 heavy (non-hydrogen) atoms. The Morgan fingerprint density at radius 1 is 1.35 bits per heavy atom. The molecule has 0 heterocycles. The van der Waals surface area contributed by atoms with Gasteiger partial charge in [-0.25, -0.2) is 0 Å². The summed E-state index contributed by atoms with van der Waals surface area (Å²) >= 11 is 0. The number of carbonyl (C=O) groups excluding carboxylic acids is 2. The fraction of sp³-hybridized carbons (Fsp3) is 0.529. The number of amides is 1. The Kier molecular flexibility index (Phi) is 7.71. The molecule has 1 aromatic carbocycles. The molecule has 0 aromatic heterocycles. The van der Waals surface area contributed by atoms with Crippen molar-refractivity contribution in [3.63, 3.8) is 0 Å². The zero-order valence-electron chi connectivity index (χ0n) is 14.2. The lowest BCUT2D eigenvalue weighted by Gasteiger charge is -2.27. The highest BCUT2D eigenvalue weighted by Gasteiger charge is 2.22. The quantitative estimate of drug-likeness (QED) is 0.662. The van der Waals surface area contributed by atoms with Gasteiger partial charge < -0.3 is 15.2 Å². The molecule has 0 radical (unpaired) electrons. The van der Waals surface area contributed by atoms with Gasteiger partial charge in [-0.3, -0.25) is 14.5 Å². The summed E-state index contributed by atoms with van der Waals surface area (Å²) in [5, 5.41) is 0. The van der Waals surface area contributed by atoms with E-state index in [1.165, 1.54) is 0 Å². The van der Waals surface area contributed by atoms with Crippen LogP contribution in [0.2, 0.25) is 0 Å². The van der Waals surface area contributed by atoms with Crippen molar-refractivity contribution in [3.8, 4) is 5.75 Å². The number of rotatable bonds is 10. The van der Waals surface area contributed by atoms with Gasteiger partial charge in [0, 0.05) is 19.2 Å². The third-order valence-electron chi connectivity index (χ3n) is 4.01. The first kappa shape index (κ1) is 19.1. The van der Waals surface area contributed by atoms with Crippen molar-refractivity contribution in [2.24, 2.45) is 5.73 Å². The van der Waals surface area contributed by atoms with Gasteiger partial charge in [-0.15, -0.1) is 0 Å². The van der Waals surface area contributed by atoms with Crippen LogP contribution in [0.1, 0.15) is 35.7 Å². The number of carbonyl (C=O) groups is 2. The van der Waals surface area contributed by atoms with Crippen LogP contribution in [0, 0.1) is 0 Å². The minimum absolute atomic E-state index is 0.0626. The van der Waals surface area contributed by atoms with Crippen LogP contribution in [0.4, 0.5) is 0 Å². The molecule has 6 nitrogen and oxygen atoms in total. The third kappa shape index (κ3) is 5.65. The van der Waals surface area contributed by atoms with E-state index in [2.05, 4.69) is 0 Å². The SMILES string of the molecule is COc1ccc(C=O)c(CN(C)C(CCC(C)OC)C(N)=O)c1. The molecule has 1 amide bonds. The van der Waals surface area contributed by atoms with Gasteiger partial charge in [0.15, 0.2) is 0 Å². The first-order valence-electron chi connectivity index (χ1n) is 7.57. The second-order valence-electron chi connectivity index (χ2n) is 5.64. The van der Waals surface area contributed by atoms with Gasteiger partial charge in [0.1, 0.15) is 12.0 Å². The monoisotopic (exact) mass is 322 g/mol. The van der Waals surface area contributed by atoms with Gasteiger partial charge in [0.05, 0.1) is 19.3 Å². The van der Waals surface area contributed by atoms with E-state index >= 15 is 0 Å². The predicted molar refractivity (Wildman–Crippen MR) is 88.5 cm³/mol. The number of likely N-dealkylation sites (N-methyl/N-ethyl adjacent to an activating group) is 1. The Balaban J connectivity index is 2.87. The normalized spacial score (nSPS) is 13.6. The summed E-state index contributed by atoms with van der Waals surface area (Å²) in [6.07, 6.45) is 2.19. The largest absolute Gasteiger partial charge is 0.497 e. The van der Waals surface area contributed by atoms with E-state index < -0.39 is 6.04 Å². The molecule has 0 aliphatic rings. The number of hydrogen-bond acceptors (Lipinski definition) is 5. The van der Waals surface area contributed by atoms with Gasteiger partial charge in [-0.1, -0.05) is 0 Å². The number of primary amides is 1.